The number of H-pyrrole nitrogens is 1. The van der Waals surface area contributed by atoms with E-state index in [1.165, 1.54) is 19.1 Å². The summed E-state index contributed by atoms with van der Waals surface area (Å²) in [5.41, 5.74) is -4.16. The van der Waals surface area contributed by atoms with Gasteiger partial charge in [-0.3, -0.25) is 23.7 Å². The highest BCUT2D eigenvalue weighted by atomic mass is 35.5. The van der Waals surface area contributed by atoms with E-state index in [2.05, 4.69) is 5.09 Å². The Labute approximate surface area is 216 Å². The highest BCUT2D eigenvalue weighted by molar-refractivity contribution is 7.52. The van der Waals surface area contributed by atoms with Crippen LogP contribution in [0.1, 0.15) is 33.9 Å². The molecule has 0 bridgehead atoms. The molecule has 37 heavy (non-hydrogen) atoms. The fourth-order valence-electron chi connectivity index (χ4n) is 3.50. The Morgan fingerprint density at radius 2 is 2.00 bits per heavy atom. The molecule has 1 fully saturated rings. The van der Waals surface area contributed by atoms with Gasteiger partial charge in [-0.15, -0.1) is 0 Å². The van der Waals surface area contributed by atoms with E-state index < -0.39 is 67.8 Å². The number of esters is 1. The standard InChI is InChI=1S/C22H28ClFN3O9P/c1-12(2)34-19(30)13(3)26-37(32,36-15-8-6-5-7-14(15)23)33-11-16-18(29)22(4,24)20(35-16)27-10-9-17(28)25-21(27)31/h5-10,12-13,16,18,20,29H,11H2,1-4H3,(H,26,32)(H,25,28,31)/t13-,16+,18+,20?,22+,37?/m0/s1. The van der Waals surface area contributed by atoms with Gasteiger partial charge in [0.25, 0.3) is 5.56 Å². The first-order valence-corrected chi connectivity index (χ1v) is 13.2. The summed E-state index contributed by atoms with van der Waals surface area (Å²) in [5, 5.41) is 13.1. The number of nitrogens with zero attached hydrogens (tertiary/aromatic N) is 1. The van der Waals surface area contributed by atoms with Gasteiger partial charge < -0.3 is 19.1 Å². The number of nitrogens with one attached hydrogen (secondary N) is 2. The van der Waals surface area contributed by atoms with Crippen LogP contribution >= 0.6 is 19.3 Å². The van der Waals surface area contributed by atoms with Gasteiger partial charge in [-0.25, -0.2) is 13.8 Å². The molecule has 0 saturated carbocycles. The van der Waals surface area contributed by atoms with Crippen molar-refractivity contribution < 1.29 is 37.4 Å². The second-order valence-corrected chi connectivity index (χ2v) is 10.9. The monoisotopic (exact) mass is 563 g/mol. The number of para-hydroxylation sites is 1. The van der Waals surface area contributed by atoms with Crippen LogP contribution in [-0.2, 0) is 23.4 Å². The van der Waals surface area contributed by atoms with E-state index in [0.717, 1.165) is 23.8 Å². The summed E-state index contributed by atoms with van der Waals surface area (Å²) < 4.78 is 51.5. The minimum atomic E-state index is -4.42. The zero-order chi connectivity index (χ0) is 27.5. The van der Waals surface area contributed by atoms with Crippen LogP contribution in [0.25, 0.3) is 0 Å². The molecule has 0 amide bonds. The van der Waals surface area contributed by atoms with E-state index >= 15 is 4.39 Å². The van der Waals surface area contributed by atoms with Crippen molar-refractivity contribution in [2.24, 2.45) is 0 Å². The lowest BCUT2D eigenvalue weighted by molar-refractivity contribution is -0.149. The van der Waals surface area contributed by atoms with Gasteiger partial charge in [-0.2, -0.15) is 5.09 Å². The lowest BCUT2D eigenvalue weighted by Crippen LogP contribution is -2.43. The Kier molecular flexibility index (Phi) is 8.99. The number of aromatic nitrogens is 2. The molecule has 15 heteroatoms. The van der Waals surface area contributed by atoms with E-state index in [1.54, 1.807) is 26.0 Å². The number of benzene rings is 1. The van der Waals surface area contributed by atoms with Gasteiger partial charge in [0.1, 0.15) is 24.0 Å². The lowest BCUT2D eigenvalue weighted by atomic mass is 9.98. The molecule has 1 aromatic heterocycles. The maximum Gasteiger partial charge on any atom is 0.459 e. The predicted molar refractivity (Wildman–Crippen MR) is 130 cm³/mol. The molecule has 204 valence electrons. The van der Waals surface area contributed by atoms with E-state index in [-0.39, 0.29) is 10.8 Å². The molecule has 1 aliphatic heterocycles. The normalized spacial score (nSPS) is 26.0. The number of rotatable bonds is 10. The molecule has 1 saturated heterocycles. The maximum absolute atomic E-state index is 15.5. The third-order valence-electron chi connectivity index (χ3n) is 5.34. The smallest absolute Gasteiger partial charge is 0.459 e. The first-order valence-electron chi connectivity index (χ1n) is 11.2. The molecule has 2 aromatic rings. The van der Waals surface area contributed by atoms with Crippen molar-refractivity contribution in [1.82, 2.24) is 14.6 Å². The molecule has 1 aliphatic rings. The summed E-state index contributed by atoms with van der Waals surface area (Å²) in [6, 6.07) is 5.89. The van der Waals surface area contributed by atoms with E-state index in [1.807, 2.05) is 4.98 Å². The van der Waals surface area contributed by atoms with Crippen LogP contribution in [-0.4, -0.2) is 57.3 Å². The lowest BCUT2D eigenvalue weighted by Gasteiger charge is -2.25. The Bertz CT molecular complexity index is 1280. The number of carbonyl (C=O) groups excluding carboxylic acids is 1. The molecule has 12 nitrogen and oxygen atoms in total. The van der Waals surface area contributed by atoms with Crippen LogP contribution in [0.5, 0.6) is 5.75 Å². The third kappa shape index (κ3) is 6.86. The van der Waals surface area contributed by atoms with Crippen LogP contribution in [0.15, 0.2) is 46.1 Å². The highest BCUT2D eigenvalue weighted by Gasteiger charge is 2.56. The first-order chi connectivity index (χ1) is 17.2. The van der Waals surface area contributed by atoms with Gasteiger partial charge in [0, 0.05) is 12.3 Å². The maximum atomic E-state index is 15.5. The fourth-order valence-corrected chi connectivity index (χ4v) is 5.25. The van der Waals surface area contributed by atoms with E-state index in [9.17, 15) is 24.1 Å². The molecular weight excluding hydrogens is 536 g/mol. The van der Waals surface area contributed by atoms with Crippen molar-refractivity contribution in [3.05, 3.63) is 62.4 Å². The zero-order valence-corrected chi connectivity index (χ0v) is 22.1. The largest absolute Gasteiger partial charge is 0.462 e. The van der Waals surface area contributed by atoms with Crippen LogP contribution in [0.4, 0.5) is 4.39 Å². The van der Waals surface area contributed by atoms with Gasteiger partial charge in [0.15, 0.2) is 11.9 Å². The Morgan fingerprint density at radius 1 is 1.32 bits per heavy atom. The number of carbonyl (C=O) groups is 1. The fraction of sp³-hybridized carbons (Fsp3) is 0.500. The van der Waals surface area contributed by atoms with Crippen molar-refractivity contribution >= 4 is 25.3 Å². The predicted octanol–water partition coefficient (Wildman–Crippen LogP) is 2.31. The molecule has 0 aliphatic carbocycles. The Balaban J connectivity index is 1.83. The molecule has 2 heterocycles. The Hall–Kier alpha value is -2.54. The second kappa shape index (κ2) is 11.5. The summed E-state index contributed by atoms with van der Waals surface area (Å²) in [6.07, 6.45) is -4.33. The summed E-state index contributed by atoms with van der Waals surface area (Å²) in [6.45, 7) is 4.96. The molecular formula is C22H28ClFN3O9P. The average Bonchev–Trinajstić information content (AvgIpc) is 3.02. The number of aliphatic hydroxyl groups excluding tert-OH is 1. The van der Waals surface area contributed by atoms with Crippen LogP contribution in [0.3, 0.4) is 0 Å². The molecule has 6 atom stereocenters. The number of hydrogen-bond donors (Lipinski definition) is 3. The minimum absolute atomic E-state index is 0.0367. The molecule has 3 rings (SSSR count). The summed E-state index contributed by atoms with van der Waals surface area (Å²) in [5.74, 6) is -0.780. The summed E-state index contributed by atoms with van der Waals surface area (Å²) >= 11 is 6.11. The van der Waals surface area contributed by atoms with Crippen molar-refractivity contribution in [3.63, 3.8) is 0 Å². The number of aliphatic hydroxyl groups is 1. The number of alkyl halides is 1. The quantitative estimate of drug-likeness (QED) is 0.289. The summed E-state index contributed by atoms with van der Waals surface area (Å²) in [7, 11) is -4.42. The summed E-state index contributed by atoms with van der Waals surface area (Å²) in [4.78, 5) is 37.8. The topological polar surface area (TPSA) is 158 Å². The van der Waals surface area contributed by atoms with Gasteiger partial charge >= 0.3 is 19.4 Å². The van der Waals surface area contributed by atoms with E-state index in [0.29, 0.717) is 0 Å². The minimum Gasteiger partial charge on any atom is -0.462 e. The van der Waals surface area contributed by atoms with Crippen LogP contribution < -0.4 is 20.9 Å². The Morgan fingerprint density at radius 3 is 2.62 bits per heavy atom. The number of halogens is 2. The molecule has 0 radical (unpaired) electrons. The molecule has 1 aromatic carbocycles. The van der Waals surface area contributed by atoms with Crippen molar-refractivity contribution in [1.29, 1.82) is 0 Å². The van der Waals surface area contributed by atoms with Crippen LogP contribution in [0.2, 0.25) is 5.02 Å². The third-order valence-corrected chi connectivity index (χ3v) is 7.28. The first kappa shape index (κ1) is 29.0. The van der Waals surface area contributed by atoms with Crippen LogP contribution in [0, 0.1) is 0 Å². The highest BCUT2D eigenvalue weighted by Crippen LogP contribution is 2.48. The number of aromatic amines is 1. The van der Waals surface area contributed by atoms with Crippen molar-refractivity contribution in [2.45, 2.75) is 63.9 Å². The number of ether oxygens (including phenoxy) is 2. The van der Waals surface area contributed by atoms with Gasteiger partial charge in [-0.05, 0) is 39.8 Å². The van der Waals surface area contributed by atoms with E-state index in [4.69, 9.17) is 30.1 Å². The zero-order valence-electron chi connectivity index (χ0n) is 20.4. The van der Waals surface area contributed by atoms with Gasteiger partial charge in [-0.1, -0.05) is 23.7 Å². The molecule has 2 unspecified atom stereocenters. The molecule has 0 spiro atoms. The number of hydrogen-bond acceptors (Lipinski definition) is 9. The van der Waals surface area contributed by atoms with Crippen molar-refractivity contribution in [2.75, 3.05) is 6.61 Å². The SMILES string of the molecule is CC(C)OC(=O)[C@H](C)NP(=O)(OC[C@H]1OC(n2ccc(=O)[nH]c2=O)[C@](C)(F)[C@@H]1O)Oc1ccccc1Cl. The second-order valence-electron chi connectivity index (χ2n) is 8.79. The van der Waals surface area contributed by atoms with Gasteiger partial charge in [0.05, 0.1) is 17.7 Å². The van der Waals surface area contributed by atoms with Gasteiger partial charge in [0.2, 0.25) is 0 Å². The average molecular weight is 564 g/mol. The van der Waals surface area contributed by atoms with Crippen molar-refractivity contribution in [3.8, 4) is 5.75 Å². The molecule has 3 N–H and O–H groups in total.